The van der Waals surface area contributed by atoms with Gasteiger partial charge in [-0.3, -0.25) is 15.2 Å². The van der Waals surface area contributed by atoms with Gasteiger partial charge in [-0.2, -0.15) is 26.3 Å². The summed E-state index contributed by atoms with van der Waals surface area (Å²) < 4.78 is 79.6. The molecule has 1 aliphatic heterocycles. The number of halogens is 8. The highest BCUT2D eigenvalue weighted by atomic mass is 35.5. The number of alkyl halides is 6. The first kappa shape index (κ1) is 37.4. The van der Waals surface area contributed by atoms with Crippen molar-refractivity contribution in [2.75, 3.05) is 6.61 Å². The number of carbonyl (C=O) groups is 2. The number of ether oxygens (including phenoxy) is 1. The fourth-order valence-corrected chi connectivity index (χ4v) is 5.22. The third-order valence-electron chi connectivity index (χ3n) is 5.02. The Labute approximate surface area is 269 Å². The maximum absolute atomic E-state index is 12.9. The van der Waals surface area contributed by atoms with E-state index in [1.165, 1.54) is 6.07 Å². The van der Waals surface area contributed by atoms with Crippen LogP contribution in [0.4, 0.5) is 26.3 Å². The minimum Gasteiger partial charge on any atom is -0.481 e. The number of thiazole rings is 2. The molecule has 244 valence electrons. The van der Waals surface area contributed by atoms with Crippen molar-refractivity contribution >= 4 is 69.5 Å². The Bertz CT molecular complexity index is 1620. The van der Waals surface area contributed by atoms with Gasteiger partial charge >= 0.3 is 18.3 Å². The van der Waals surface area contributed by atoms with Crippen molar-refractivity contribution in [2.45, 2.75) is 39.2 Å². The number of nitrogens with two attached hydrogens (primary N) is 1. The van der Waals surface area contributed by atoms with Crippen LogP contribution in [0.15, 0.2) is 45.2 Å². The van der Waals surface area contributed by atoms with Crippen LogP contribution in [-0.2, 0) is 26.7 Å². The molecular formula is C25H22Cl2F6N6O4S2. The molecule has 0 aliphatic carbocycles. The predicted octanol–water partition coefficient (Wildman–Crippen LogP) is 6.93. The largest absolute Gasteiger partial charge is 0.481 e. The molecule has 1 aliphatic rings. The molecule has 0 spiro atoms. The zero-order chi connectivity index (χ0) is 34.3. The summed E-state index contributed by atoms with van der Waals surface area (Å²) in [6.07, 6.45) is -9.02. The van der Waals surface area contributed by atoms with Crippen LogP contribution < -0.4 is 11.1 Å². The third kappa shape index (κ3) is 10.7. The second-order valence-corrected chi connectivity index (χ2v) is 11.0. The van der Waals surface area contributed by atoms with Crippen molar-refractivity contribution < 1.29 is 45.8 Å². The maximum Gasteiger partial charge on any atom is 0.434 e. The number of nitrogens with one attached hydrogen (secondary N) is 2. The number of hydrogen-bond acceptors (Lipinski definition) is 10. The average molecular weight is 720 g/mol. The average Bonchev–Trinajstić information content (AvgIpc) is 3.59. The van der Waals surface area contributed by atoms with Crippen molar-refractivity contribution in [1.82, 2.24) is 15.3 Å². The summed E-state index contributed by atoms with van der Waals surface area (Å²) in [4.78, 5) is 32.7. The van der Waals surface area contributed by atoms with E-state index in [-0.39, 0.29) is 33.1 Å². The number of benzene rings is 1. The van der Waals surface area contributed by atoms with E-state index < -0.39 is 47.6 Å². The molecule has 0 saturated carbocycles. The predicted molar refractivity (Wildman–Crippen MR) is 157 cm³/mol. The van der Waals surface area contributed by atoms with Gasteiger partial charge in [-0.1, -0.05) is 29.3 Å². The van der Waals surface area contributed by atoms with E-state index in [0.29, 0.717) is 27.6 Å². The first-order chi connectivity index (χ1) is 20.8. The molecule has 0 bridgehead atoms. The second kappa shape index (κ2) is 15.5. The monoisotopic (exact) mass is 718 g/mol. The van der Waals surface area contributed by atoms with E-state index in [2.05, 4.69) is 20.3 Å². The number of esters is 1. The molecule has 0 fully saturated rings. The maximum atomic E-state index is 12.9. The number of nitrogens with zero attached hydrogens (tertiary/aromatic N) is 3. The lowest BCUT2D eigenvalue weighted by Crippen LogP contribution is -2.33. The van der Waals surface area contributed by atoms with Crippen molar-refractivity contribution in [3.05, 3.63) is 77.2 Å². The van der Waals surface area contributed by atoms with E-state index >= 15 is 0 Å². The van der Waals surface area contributed by atoms with Crippen LogP contribution in [0.1, 0.15) is 53.8 Å². The van der Waals surface area contributed by atoms with Gasteiger partial charge in [-0.05, 0) is 26.0 Å². The molecular weight excluding hydrogens is 697 g/mol. The SMILES string of the molecule is CC(=O)O.CCOC(=O)C1=C(C)NC(c2nc(C(F)(F)F)cs2)=NC1c1ccc(Cl)cc1Cl.N=C(N)c1nc(C(F)(F)F)cs1. The number of aromatic nitrogens is 2. The molecule has 45 heavy (non-hydrogen) atoms. The number of allylic oxidation sites excluding steroid dienone is 1. The number of hydrogen-bond donors (Lipinski definition) is 4. The quantitative estimate of drug-likeness (QED) is 0.0955. The van der Waals surface area contributed by atoms with Gasteiger partial charge in [0.1, 0.15) is 6.04 Å². The van der Waals surface area contributed by atoms with Crippen LogP contribution in [0.25, 0.3) is 0 Å². The van der Waals surface area contributed by atoms with E-state index in [9.17, 15) is 31.1 Å². The number of aliphatic imine (C=N–C) groups is 1. The molecule has 1 atom stereocenters. The Morgan fingerprint density at radius 3 is 2.09 bits per heavy atom. The first-order valence-electron chi connectivity index (χ1n) is 12.0. The highest BCUT2D eigenvalue weighted by Crippen LogP contribution is 2.38. The van der Waals surface area contributed by atoms with E-state index in [1.807, 2.05) is 0 Å². The fourth-order valence-electron chi connectivity index (χ4n) is 3.25. The second-order valence-electron chi connectivity index (χ2n) is 8.43. The van der Waals surface area contributed by atoms with Gasteiger partial charge in [0, 0.05) is 39.0 Å². The van der Waals surface area contributed by atoms with Crippen LogP contribution in [0.5, 0.6) is 0 Å². The smallest absolute Gasteiger partial charge is 0.434 e. The van der Waals surface area contributed by atoms with Gasteiger partial charge in [0.05, 0.1) is 12.2 Å². The summed E-state index contributed by atoms with van der Waals surface area (Å²) in [6, 6.07) is 3.80. The number of amidine groups is 2. The van der Waals surface area contributed by atoms with Crippen LogP contribution in [0, 0.1) is 5.41 Å². The first-order valence-corrected chi connectivity index (χ1v) is 14.5. The summed E-state index contributed by atoms with van der Waals surface area (Å²) in [7, 11) is 0. The zero-order valence-corrected chi connectivity index (χ0v) is 26.2. The summed E-state index contributed by atoms with van der Waals surface area (Å²) in [6.45, 7) is 4.50. The molecule has 0 saturated heterocycles. The minimum absolute atomic E-state index is 0.0367. The lowest BCUT2D eigenvalue weighted by Gasteiger charge is -2.26. The van der Waals surface area contributed by atoms with Gasteiger partial charge < -0.3 is 20.9 Å². The molecule has 4 rings (SSSR count). The molecule has 5 N–H and O–H groups in total. The molecule has 3 heterocycles. The van der Waals surface area contributed by atoms with Gasteiger partial charge in [0.25, 0.3) is 5.97 Å². The van der Waals surface area contributed by atoms with Gasteiger partial charge in [0.2, 0.25) is 0 Å². The Kier molecular flexibility index (Phi) is 12.9. The molecule has 0 amide bonds. The van der Waals surface area contributed by atoms with Crippen molar-refractivity contribution in [3.63, 3.8) is 0 Å². The number of carboxylic acid groups (broad SMARTS) is 1. The third-order valence-corrected chi connectivity index (χ3v) is 7.30. The molecule has 0 radical (unpaired) electrons. The standard InChI is InChI=1S/C18H14Cl2F3N3O2S.C5H4F3N3S.C2H4O2/c1-3-28-17(27)13-8(2)24-15(16-25-12(7-29-16)18(21,22)23)26-14(13)10-5-4-9(19)6-11(10)20;6-5(7,8)2-1-12-4(11-2)3(9)10;1-2(3)4/h4-7,14H,3H2,1-2H3,(H,24,26);1H,(H3,9,10);1H3,(H,3,4). The Balaban J connectivity index is 0.000000364. The number of nitrogen functional groups attached to an aromatic ring is 1. The summed E-state index contributed by atoms with van der Waals surface area (Å²) in [5.74, 6) is -1.78. The number of carbonyl (C=O) groups excluding carboxylic acids is 1. The van der Waals surface area contributed by atoms with Crippen LogP contribution >= 0.6 is 45.9 Å². The van der Waals surface area contributed by atoms with Gasteiger partial charge in [0.15, 0.2) is 33.1 Å². The van der Waals surface area contributed by atoms with Gasteiger partial charge in [-0.25, -0.2) is 14.8 Å². The minimum atomic E-state index is -4.57. The van der Waals surface area contributed by atoms with Crippen molar-refractivity contribution in [1.29, 1.82) is 5.41 Å². The number of carboxylic acids is 1. The fraction of sp³-hybridized carbons (Fsp3) is 0.280. The van der Waals surface area contributed by atoms with Crippen molar-refractivity contribution in [2.24, 2.45) is 10.7 Å². The molecule has 20 heteroatoms. The Morgan fingerprint density at radius 1 is 1.09 bits per heavy atom. The van der Waals surface area contributed by atoms with E-state index in [1.54, 1.807) is 26.0 Å². The molecule has 3 aromatic rings. The number of aliphatic carboxylic acids is 1. The van der Waals surface area contributed by atoms with E-state index in [0.717, 1.165) is 29.0 Å². The zero-order valence-electron chi connectivity index (χ0n) is 23.1. The highest BCUT2D eigenvalue weighted by molar-refractivity contribution is 7.12. The van der Waals surface area contributed by atoms with Crippen LogP contribution in [0.3, 0.4) is 0 Å². The Hall–Kier alpha value is -3.74. The summed E-state index contributed by atoms with van der Waals surface area (Å²) in [5, 5.41) is 19.4. The number of rotatable bonds is 5. The molecule has 10 nitrogen and oxygen atoms in total. The van der Waals surface area contributed by atoms with Gasteiger partial charge in [-0.15, -0.1) is 22.7 Å². The Morgan fingerprint density at radius 2 is 1.64 bits per heavy atom. The normalized spacial score (nSPS) is 14.6. The van der Waals surface area contributed by atoms with Crippen molar-refractivity contribution in [3.8, 4) is 0 Å². The summed E-state index contributed by atoms with van der Waals surface area (Å²) >= 11 is 13.8. The lowest BCUT2D eigenvalue weighted by molar-refractivity contribution is -0.141. The van der Waals surface area contributed by atoms with E-state index in [4.69, 9.17) is 49.0 Å². The van der Waals surface area contributed by atoms with Crippen LogP contribution in [0.2, 0.25) is 10.0 Å². The molecule has 1 aromatic carbocycles. The summed E-state index contributed by atoms with van der Waals surface area (Å²) in [5.41, 5.74) is 3.97. The van der Waals surface area contributed by atoms with Crippen LogP contribution in [-0.4, -0.2) is 45.3 Å². The topological polar surface area (TPSA) is 164 Å². The molecule has 2 aromatic heterocycles. The lowest BCUT2D eigenvalue weighted by atomic mass is 9.96. The highest BCUT2D eigenvalue weighted by Gasteiger charge is 2.36. The molecule has 1 unspecified atom stereocenters.